The maximum absolute atomic E-state index is 11.8. The van der Waals surface area contributed by atoms with Crippen molar-refractivity contribution < 1.29 is 4.79 Å². The molecular weight excluding hydrogens is 313 g/mol. The predicted molar refractivity (Wildman–Crippen MR) is 87.7 cm³/mol. The number of carbonyl (C=O) groups is 1. The summed E-state index contributed by atoms with van der Waals surface area (Å²) in [5.41, 5.74) is 1.79. The maximum Gasteiger partial charge on any atom is 0.234 e. The molecule has 0 bridgehead atoms. The van der Waals surface area contributed by atoms with Crippen molar-refractivity contribution in [2.45, 2.75) is 5.75 Å². The van der Waals surface area contributed by atoms with Crippen LogP contribution < -0.4 is 5.32 Å². The molecule has 0 spiro atoms. The van der Waals surface area contributed by atoms with Crippen LogP contribution in [0.5, 0.6) is 0 Å². The van der Waals surface area contributed by atoms with Crippen LogP contribution in [-0.4, -0.2) is 11.7 Å². The first-order chi connectivity index (χ1) is 9.65. The summed E-state index contributed by atoms with van der Waals surface area (Å²) in [6.45, 7) is 0. The molecule has 0 atom stereocenters. The Morgan fingerprint density at radius 3 is 2.55 bits per heavy atom. The van der Waals surface area contributed by atoms with E-state index in [0.717, 1.165) is 11.3 Å². The fraction of sp³-hybridized carbons (Fsp3) is 0.133. The van der Waals surface area contributed by atoms with Gasteiger partial charge in [-0.15, -0.1) is 11.8 Å². The SMILES string of the molecule is O=C(CSCc1ccc(Cl)cc1Cl)Nc1ccccc1. The highest BCUT2D eigenvalue weighted by atomic mass is 35.5. The van der Waals surface area contributed by atoms with Gasteiger partial charge in [-0.05, 0) is 29.8 Å². The Hall–Kier alpha value is -1.16. The van der Waals surface area contributed by atoms with Crippen molar-refractivity contribution in [1.29, 1.82) is 0 Å². The van der Waals surface area contributed by atoms with Gasteiger partial charge >= 0.3 is 0 Å². The highest BCUT2D eigenvalue weighted by Gasteiger charge is 2.05. The highest BCUT2D eigenvalue weighted by Crippen LogP contribution is 2.24. The lowest BCUT2D eigenvalue weighted by Gasteiger charge is -2.06. The molecule has 1 amide bonds. The Balaban J connectivity index is 1.79. The molecule has 104 valence electrons. The summed E-state index contributed by atoms with van der Waals surface area (Å²) in [7, 11) is 0. The molecule has 5 heteroatoms. The van der Waals surface area contributed by atoms with Gasteiger partial charge < -0.3 is 5.32 Å². The number of benzene rings is 2. The number of anilines is 1. The molecule has 0 aliphatic carbocycles. The van der Waals surface area contributed by atoms with Gasteiger partial charge in [0.15, 0.2) is 0 Å². The fourth-order valence-corrected chi connectivity index (χ4v) is 3.00. The van der Waals surface area contributed by atoms with E-state index < -0.39 is 0 Å². The minimum atomic E-state index is -0.0220. The molecule has 0 aromatic heterocycles. The van der Waals surface area contributed by atoms with Crippen molar-refractivity contribution in [3.8, 4) is 0 Å². The van der Waals surface area contributed by atoms with Crippen LogP contribution in [0, 0.1) is 0 Å². The van der Waals surface area contributed by atoms with Crippen molar-refractivity contribution in [2.75, 3.05) is 11.1 Å². The molecule has 0 heterocycles. The second-order valence-electron chi connectivity index (χ2n) is 4.14. The van der Waals surface area contributed by atoms with Crippen LogP contribution in [0.15, 0.2) is 48.5 Å². The molecule has 0 radical (unpaired) electrons. The van der Waals surface area contributed by atoms with Crippen molar-refractivity contribution in [3.63, 3.8) is 0 Å². The Kier molecular flexibility index (Phi) is 5.77. The number of thioether (sulfide) groups is 1. The standard InChI is InChI=1S/C15H13Cl2NOS/c16-12-7-6-11(14(17)8-12)9-20-10-15(19)18-13-4-2-1-3-5-13/h1-8H,9-10H2,(H,18,19). The van der Waals surface area contributed by atoms with Crippen LogP contribution in [0.3, 0.4) is 0 Å². The highest BCUT2D eigenvalue weighted by molar-refractivity contribution is 7.99. The summed E-state index contributed by atoms with van der Waals surface area (Å²) in [6, 6.07) is 14.8. The summed E-state index contributed by atoms with van der Waals surface area (Å²) in [6.07, 6.45) is 0. The molecule has 0 saturated heterocycles. The largest absolute Gasteiger partial charge is 0.325 e. The molecule has 0 fully saturated rings. The van der Waals surface area contributed by atoms with Gasteiger partial charge in [0.05, 0.1) is 5.75 Å². The lowest BCUT2D eigenvalue weighted by atomic mass is 10.2. The number of amides is 1. The molecule has 0 unspecified atom stereocenters. The van der Waals surface area contributed by atoms with E-state index in [4.69, 9.17) is 23.2 Å². The van der Waals surface area contributed by atoms with Crippen LogP contribution >= 0.6 is 35.0 Å². The zero-order valence-corrected chi connectivity index (χ0v) is 12.9. The maximum atomic E-state index is 11.8. The number of nitrogens with one attached hydrogen (secondary N) is 1. The van der Waals surface area contributed by atoms with Gasteiger partial charge in [-0.1, -0.05) is 47.5 Å². The van der Waals surface area contributed by atoms with Crippen molar-refractivity contribution in [3.05, 3.63) is 64.1 Å². The Bertz CT molecular complexity index is 590. The fourth-order valence-electron chi connectivity index (χ4n) is 1.61. The first-order valence-corrected chi connectivity index (χ1v) is 7.93. The van der Waals surface area contributed by atoms with E-state index in [1.165, 1.54) is 11.8 Å². The topological polar surface area (TPSA) is 29.1 Å². The number of carbonyl (C=O) groups excluding carboxylic acids is 1. The predicted octanol–water partition coefficient (Wildman–Crippen LogP) is 4.87. The zero-order valence-electron chi connectivity index (χ0n) is 10.6. The third-order valence-corrected chi connectivity index (χ3v) is 4.13. The van der Waals surface area contributed by atoms with Crippen molar-refractivity contribution in [2.24, 2.45) is 0 Å². The summed E-state index contributed by atoms with van der Waals surface area (Å²) < 4.78 is 0. The molecular formula is C15H13Cl2NOS. The molecule has 2 rings (SSSR count). The van der Waals surface area contributed by atoms with E-state index in [9.17, 15) is 4.79 Å². The van der Waals surface area contributed by atoms with Crippen LogP contribution in [-0.2, 0) is 10.5 Å². The molecule has 2 aromatic carbocycles. The van der Waals surface area contributed by atoms with E-state index >= 15 is 0 Å². The Morgan fingerprint density at radius 2 is 1.85 bits per heavy atom. The molecule has 20 heavy (non-hydrogen) atoms. The van der Waals surface area contributed by atoms with E-state index in [0.29, 0.717) is 21.6 Å². The second kappa shape index (κ2) is 7.58. The van der Waals surface area contributed by atoms with Gasteiger partial charge in [0.25, 0.3) is 0 Å². The number of para-hydroxylation sites is 1. The van der Waals surface area contributed by atoms with Gasteiger partial charge in [-0.2, -0.15) is 0 Å². The van der Waals surface area contributed by atoms with Crippen molar-refractivity contribution >= 4 is 46.6 Å². The average molecular weight is 326 g/mol. The van der Waals surface area contributed by atoms with Gasteiger partial charge in [-0.3, -0.25) is 4.79 Å². The lowest BCUT2D eigenvalue weighted by molar-refractivity contribution is -0.113. The third-order valence-electron chi connectivity index (χ3n) is 2.56. The van der Waals surface area contributed by atoms with Gasteiger partial charge in [-0.25, -0.2) is 0 Å². The van der Waals surface area contributed by atoms with Crippen molar-refractivity contribution in [1.82, 2.24) is 0 Å². The average Bonchev–Trinajstić information content (AvgIpc) is 2.42. The van der Waals surface area contributed by atoms with Crippen LogP contribution in [0.4, 0.5) is 5.69 Å². The van der Waals surface area contributed by atoms with Crippen LogP contribution in [0.25, 0.3) is 0 Å². The number of hydrogen-bond acceptors (Lipinski definition) is 2. The summed E-state index contributed by atoms with van der Waals surface area (Å²) in [4.78, 5) is 11.8. The second-order valence-corrected chi connectivity index (χ2v) is 5.97. The summed E-state index contributed by atoms with van der Waals surface area (Å²) in [5.74, 6) is 1.04. The number of rotatable bonds is 5. The summed E-state index contributed by atoms with van der Waals surface area (Å²) in [5, 5.41) is 4.09. The minimum absolute atomic E-state index is 0.0220. The molecule has 1 N–H and O–H groups in total. The molecule has 2 nitrogen and oxygen atoms in total. The first kappa shape index (κ1) is 15.2. The van der Waals surface area contributed by atoms with Crippen LogP contribution in [0.2, 0.25) is 10.0 Å². The third kappa shape index (κ3) is 4.75. The summed E-state index contributed by atoms with van der Waals surface area (Å²) >= 11 is 13.4. The smallest absolute Gasteiger partial charge is 0.234 e. The minimum Gasteiger partial charge on any atom is -0.325 e. The van der Waals surface area contributed by atoms with Crippen LogP contribution in [0.1, 0.15) is 5.56 Å². The monoisotopic (exact) mass is 325 g/mol. The Labute approximate surface area is 132 Å². The van der Waals surface area contributed by atoms with Gasteiger partial charge in [0, 0.05) is 21.5 Å². The molecule has 0 saturated carbocycles. The molecule has 0 aliphatic heterocycles. The van der Waals surface area contributed by atoms with E-state index in [1.807, 2.05) is 36.4 Å². The first-order valence-electron chi connectivity index (χ1n) is 6.02. The normalized spacial score (nSPS) is 10.3. The van der Waals surface area contributed by atoms with E-state index in [2.05, 4.69) is 5.32 Å². The van der Waals surface area contributed by atoms with Gasteiger partial charge in [0.1, 0.15) is 0 Å². The molecule has 0 aliphatic rings. The Morgan fingerprint density at radius 1 is 1.10 bits per heavy atom. The molecule has 2 aromatic rings. The lowest BCUT2D eigenvalue weighted by Crippen LogP contribution is -2.13. The quantitative estimate of drug-likeness (QED) is 0.850. The zero-order chi connectivity index (χ0) is 14.4. The number of halogens is 2. The van der Waals surface area contributed by atoms with E-state index in [1.54, 1.807) is 12.1 Å². The van der Waals surface area contributed by atoms with E-state index in [-0.39, 0.29) is 5.91 Å². The van der Waals surface area contributed by atoms with Gasteiger partial charge in [0.2, 0.25) is 5.91 Å². The number of hydrogen-bond donors (Lipinski definition) is 1.